The Morgan fingerprint density at radius 1 is 0.875 bits per heavy atom. The molecule has 0 atom stereocenters. The summed E-state index contributed by atoms with van der Waals surface area (Å²) in [6, 6.07) is 17.4. The normalized spacial score (nSPS) is 11.8. The van der Waals surface area contributed by atoms with Gasteiger partial charge in [-0.05, 0) is 86.6 Å². The Balaban J connectivity index is 1.72. The summed E-state index contributed by atoms with van der Waals surface area (Å²) in [5.41, 5.74) is 1.92. The SMILES string of the molecule is CCOC(=O)C(C)(C)Oc1ccc(CCN(Cc2ccc(OC(F)(F)F)cc2)c2ccc(CC(C)C)cn2)cc1. The molecule has 3 aromatic rings. The monoisotopic (exact) mass is 558 g/mol. The molecule has 0 saturated heterocycles. The molecular formula is C31H37F3N2O4. The molecule has 0 bridgehead atoms. The highest BCUT2D eigenvalue weighted by atomic mass is 19.4. The van der Waals surface area contributed by atoms with Crippen molar-refractivity contribution in [1.82, 2.24) is 4.98 Å². The summed E-state index contributed by atoms with van der Waals surface area (Å²) < 4.78 is 52.6. The van der Waals surface area contributed by atoms with Crippen LogP contribution in [0, 0.1) is 5.92 Å². The van der Waals surface area contributed by atoms with E-state index in [1.807, 2.05) is 36.5 Å². The average molecular weight is 559 g/mol. The summed E-state index contributed by atoms with van der Waals surface area (Å²) >= 11 is 0. The minimum Gasteiger partial charge on any atom is -0.476 e. The third-order valence-corrected chi connectivity index (χ3v) is 6.04. The number of alkyl halides is 3. The van der Waals surface area contributed by atoms with Gasteiger partial charge in [0.2, 0.25) is 0 Å². The minimum absolute atomic E-state index is 0.257. The number of hydrogen-bond acceptors (Lipinski definition) is 6. The number of esters is 1. The lowest BCUT2D eigenvalue weighted by atomic mass is 10.0. The number of carbonyl (C=O) groups is 1. The number of rotatable bonds is 13. The van der Waals surface area contributed by atoms with Gasteiger partial charge in [-0.25, -0.2) is 9.78 Å². The Morgan fingerprint density at radius 2 is 1.45 bits per heavy atom. The quantitative estimate of drug-likeness (QED) is 0.208. The second-order valence-corrected chi connectivity index (χ2v) is 10.5. The molecule has 40 heavy (non-hydrogen) atoms. The van der Waals surface area contributed by atoms with Crippen LogP contribution in [0.5, 0.6) is 11.5 Å². The lowest BCUT2D eigenvalue weighted by molar-refractivity contribution is -0.274. The number of anilines is 1. The van der Waals surface area contributed by atoms with Crippen molar-refractivity contribution in [1.29, 1.82) is 0 Å². The number of benzene rings is 2. The van der Waals surface area contributed by atoms with Crippen molar-refractivity contribution in [2.75, 3.05) is 18.1 Å². The lowest BCUT2D eigenvalue weighted by Gasteiger charge is -2.25. The number of nitrogens with zero attached hydrogens (tertiary/aromatic N) is 2. The molecule has 3 rings (SSSR count). The summed E-state index contributed by atoms with van der Waals surface area (Å²) in [5, 5.41) is 0. The van der Waals surface area contributed by atoms with Crippen molar-refractivity contribution in [3.8, 4) is 11.5 Å². The molecule has 0 saturated carbocycles. The van der Waals surface area contributed by atoms with Gasteiger partial charge in [0.1, 0.15) is 17.3 Å². The lowest BCUT2D eigenvalue weighted by Crippen LogP contribution is -2.39. The molecule has 0 spiro atoms. The largest absolute Gasteiger partial charge is 0.573 e. The van der Waals surface area contributed by atoms with Crippen LogP contribution in [0.15, 0.2) is 66.9 Å². The van der Waals surface area contributed by atoms with E-state index in [9.17, 15) is 18.0 Å². The number of hydrogen-bond donors (Lipinski definition) is 0. The van der Waals surface area contributed by atoms with Crippen LogP contribution in [-0.2, 0) is 28.9 Å². The first-order chi connectivity index (χ1) is 18.8. The number of halogens is 3. The van der Waals surface area contributed by atoms with Gasteiger partial charge >= 0.3 is 12.3 Å². The molecular weight excluding hydrogens is 521 g/mol. The molecule has 0 radical (unpaired) electrons. The molecule has 9 heteroatoms. The van der Waals surface area contributed by atoms with E-state index in [4.69, 9.17) is 9.47 Å². The second-order valence-electron chi connectivity index (χ2n) is 10.5. The van der Waals surface area contributed by atoms with Gasteiger partial charge in [0.15, 0.2) is 5.60 Å². The van der Waals surface area contributed by atoms with E-state index in [1.54, 1.807) is 32.9 Å². The molecule has 0 unspecified atom stereocenters. The number of ether oxygens (including phenoxy) is 3. The third kappa shape index (κ3) is 9.77. The zero-order chi connectivity index (χ0) is 29.3. The smallest absolute Gasteiger partial charge is 0.476 e. The Bertz CT molecular complexity index is 1210. The maximum atomic E-state index is 12.6. The molecule has 0 aliphatic heterocycles. The van der Waals surface area contributed by atoms with E-state index in [-0.39, 0.29) is 12.4 Å². The molecule has 0 aliphatic rings. The van der Waals surface area contributed by atoms with Crippen LogP contribution in [0.4, 0.5) is 19.0 Å². The van der Waals surface area contributed by atoms with Crippen molar-refractivity contribution in [3.63, 3.8) is 0 Å². The first-order valence-corrected chi connectivity index (χ1v) is 13.3. The van der Waals surface area contributed by atoms with Crippen LogP contribution in [0.25, 0.3) is 0 Å². The fourth-order valence-corrected chi connectivity index (χ4v) is 4.12. The number of pyridine rings is 1. The van der Waals surface area contributed by atoms with Gasteiger partial charge in [0.25, 0.3) is 0 Å². The fourth-order valence-electron chi connectivity index (χ4n) is 4.12. The summed E-state index contributed by atoms with van der Waals surface area (Å²) in [5.74, 6) is 1.16. The third-order valence-electron chi connectivity index (χ3n) is 6.04. The molecule has 0 amide bonds. The van der Waals surface area contributed by atoms with Gasteiger partial charge in [0, 0.05) is 19.3 Å². The van der Waals surface area contributed by atoms with Gasteiger partial charge in [-0.1, -0.05) is 44.2 Å². The van der Waals surface area contributed by atoms with Crippen LogP contribution >= 0.6 is 0 Å². The van der Waals surface area contributed by atoms with Crippen molar-refractivity contribution in [2.24, 2.45) is 5.92 Å². The van der Waals surface area contributed by atoms with E-state index >= 15 is 0 Å². The molecule has 216 valence electrons. The first-order valence-electron chi connectivity index (χ1n) is 13.3. The summed E-state index contributed by atoms with van der Waals surface area (Å²) in [6.07, 6.45) is -1.24. The summed E-state index contributed by atoms with van der Waals surface area (Å²) in [4.78, 5) is 18.9. The van der Waals surface area contributed by atoms with Crippen molar-refractivity contribution >= 4 is 11.8 Å². The van der Waals surface area contributed by atoms with Crippen LogP contribution in [0.1, 0.15) is 51.3 Å². The molecule has 2 aromatic carbocycles. The Hall–Kier alpha value is -3.75. The van der Waals surface area contributed by atoms with Crippen LogP contribution in [0.3, 0.4) is 0 Å². The fraction of sp³-hybridized carbons (Fsp3) is 0.419. The Labute approximate surface area is 234 Å². The Kier molecular flexibility index (Phi) is 10.4. The maximum Gasteiger partial charge on any atom is 0.573 e. The number of carbonyl (C=O) groups excluding carboxylic acids is 1. The van der Waals surface area contributed by atoms with E-state index < -0.39 is 17.9 Å². The highest BCUT2D eigenvalue weighted by Crippen LogP contribution is 2.25. The summed E-state index contributed by atoms with van der Waals surface area (Å²) in [7, 11) is 0. The standard InChI is InChI=1S/C31H37F3N2O4/c1-6-38-29(37)30(4,5)39-26-12-7-23(8-13-26)17-18-36(28-16-11-25(20-35-28)19-22(2)3)21-24-9-14-27(15-10-24)40-31(32,33)34/h7-16,20,22H,6,17-19,21H2,1-5H3. The highest BCUT2D eigenvalue weighted by molar-refractivity contribution is 5.79. The molecule has 1 aromatic heterocycles. The highest BCUT2D eigenvalue weighted by Gasteiger charge is 2.32. The topological polar surface area (TPSA) is 60.9 Å². The average Bonchev–Trinajstić information content (AvgIpc) is 2.88. The van der Waals surface area contributed by atoms with Gasteiger partial charge in [-0.15, -0.1) is 13.2 Å². The van der Waals surface area contributed by atoms with E-state index in [2.05, 4.69) is 34.5 Å². The van der Waals surface area contributed by atoms with Crippen LogP contribution < -0.4 is 14.4 Å². The first kappa shape index (κ1) is 30.8. The van der Waals surface area contributed by atoms with E-state index in [1.165, 1.54) is 12.1 Å². The Morgan fingerprint density at radius 3 is 1.98 bits per heavy atom. The van der Waals surface area contributed by atoms with Gasteiger partial charge in [-0.3, -0.25) is 0 Å². The molecule has 6 nitrogen and oxygen atoms in total. The summed E-state index contributed by atoms with van der Waals surface area (Å²) in [6.45, 7) is 10.7. The number of aromatic nitrogens is 1. The van der Waals surface area contributed by atoms with Crippen LogP contribution in [-0.4, -0.2) is 36.1 Å². The van der Waals surface area contributed by atoms with Crippen molar-refractivity contribution < 1.29 is 32.2 Å². The van der Waals surface area contributed by atoms with E-state index in [0.29, 0.717) is 31.2 Å². The molecule has 0 aliphatic carbocycles. The second kappa shape index (κ2) is 13.5. The van der Waals surface area contributed by atoms with Gasteiger partial charge < -0.3 is 19.1 Å². The van der Waals surface area contributed by atoms with E-state index in [0.717, 1.165) is 28.9 Å². The predicted octanol–water partition coefficient (Wildman–Crippen LogP) is 7.15. The predicted molar refractivity (Wildman–Crippen MR) is 148 cm³/mol. The maximum absolute atomic E-state index is 12.6. The van der Waals surface area contributed by atoms with Crippen LogP contribution in [0.2, 0.25) is 0 Å². The molecule has 0 fully saturated rings. The minimum atomic E-state index is -4.73. The van der Waals surface area contributed by atoms with Gasteiger partial charge in [-0.2, -0.15) is 0 Å². The van der Waals surface area contributed by atoms with Crippen molar-refractivity contribution in [2.45, 2.75) is 66.0 Å². The zero-order valence-corrected chi connectivity index (χ0v) is 23.6. The molecule has 1 heterocycles. The van der Waals surface area contributed by atoms with Gasteiger partial charge in [0.05, 0.1) is 6.61 Å². The zero-order valence-electron chi connectivity index (χ0n) is 23.6. The van der Waals surface area contributed by atoms with Crippen molar-refractivity contribution in [3.05, 3.63) is 83.6 Å². The molecule has 0 N–H and O–H groups in total.